The van der Waals surface area contributed by atoms with Crippen LogP contribution in [-0.4, -0.2) is 36.7 Å². The number of carbonyl (C=O) groups is 2. The minimum absolute atomic E-state index is 0.241. The van der Waals surface area contributed by atoms with Crippen molar-refractivity contribution in [1.82, 2.24) is 10.3 Å². The van der Waals surface area contributed by atoms with Crippen LogP contribution in [-0.2, 0) is 9.53 Å². The number of hydrogen-bond acceptors (Lipinski definition) is 6. The summed E-state index contributed by atoms with van der Waals surface area (Å²) in [5.74, 6) is 0.189. The number of carbonyl (C=O) groups excluding carboxylic acids is 2. The summed E-state index contributed by atoms with van der Waals surface area (Å²) >= 11 is 0. The van der Waals surface area contributed by atoms with Crippen LogP contribution in [0.15, 0.2) is 101 Å². The lowest BCUT2D eigenvalue weighted by atomic mass is 10.1. The zero-order valence-corrected chi connectivity index (χ0v) is 24.5. The average Bonchev–Trinajstić information content (AvgIpc) is 3.47. The van der Waals surface area contributed by atoms with Crippen molar-refractivity contribution in [3.8, 4) is 22.6 Å². The van der Waals surface area contributed by atoms with E-state index in [-0.39, 0.29) is 18.4 Å². The highest BCUT2D eigenvalue weighted by Crippen LogP contribution is 2.37. The van der Waals surface area contributed by atoms with Gasteiger partial charge < -0.3 is 19.8 Å². The molecule has 4 aromatic carbocycles. The summed E-state index contributed by atoms with van der Waals surface area (Å²) in [7, 11) is 0. The number of esters is 1. The normalized spacial score (nSPS) is 10.8. The standard InChI is InChI=1S/C35H36N4O4/c1-3-21-36-30-19-18-28(39(27-14-9-6-10-15-27)35(41)37-22-11-16-33(40)42-4-2)24-29(30)34-38-31-23-26(17-20-32(31)43-34)25-12-7-5-8-13-25/h5-10,12-15,17-20,23-24,36H,3-4,11,16,21-22H2,1-2H3,(H,37,41). The molecule has 2 N–H and O–H groups in total. The van der Waals surface area contributed by atoms with Crippen LogP contribution in [0.25, 0.3) is 33.7 Å². The van der Waals surface area contributed by atoms with Gasteiger partial charge in [0, 0.05) is 25.2 Å². The summed E-state index contributed by atoms with van der Waals surface area (Å²) in [6.45, 7) is 5.33. The van der Waals surface area contributed by atoms with E-state index in [9.17, 15) is 9.59 Å². The van der Waals surface area contributed by atoms with Gasteiger partial charge in [0.1, 0.15) is 5.52 Å². The van der Waals surface area contributed by atoms with Gasteiger partial charge in [0.05, 0.1) is 23.5 Å². The number of aromatic nitrogens is 1. The molecule has 0 bridgehead atoms. The van der Waals surface area contributed by atoms with Crippen LogP contribution in [0.2, 0.25) is 0 Å². The molecule has 0 atom stereocenters. The third-order valence-corrected chi connectivity index (χ3v) is 6.91. The second kappa shape index (κ2) is 14.2. The van der Waals surface area contributed by atoms with Gasteiger partial charge in [0.2, 0.25) is 5.89 Å². The van der Waals surface area contributed by atoms with E-state index in [1.54, 1.807) is 11.8 Å². The van der Waals surface area contributed by atoms with E-state index in [2.05, 4.69) is 29.7 Å². The highest BCUT2D eigenvalue weighted by atomic mass is 16.5. The maximum atomic E-state index is 13.6. The lowest BCUT2D eigenvalue weighted by Gasteiger charge is -2.24. The lowest BCUT2D eigenvalue weighted by molar-refractivity contribution is -0.143. The Hall–Kier alpha value is -5.11. The van der Waals surface area contributed by atoms with Crippen LogP contribution in [0, 0.1) is 0 Å². The fourth-order valence-corrected chi connectivity index (χ4v) is 4.82. The van der Waals surface area contributed by atoms with Gasteiger partial charge in [-0.25, -0.2) is 9.78 Å². The molecule has 43 heavy (non-hydrogen) atoms. The Morgan fingerprint density at radius 3 is 2.35 bits per heavy atom. The Bertz CT molecular complexity index is 1670. The maximum absolute atomic E-state index is 13.6. The van der Waals surface area contributed by atoms with Crippen molar-refractivity contribution < 1.29 is 18.7 Å². The van der Waals surface area contributed by atoms with Gasteiger partial charge in [-0.1, -0.05) is 61.5 Å². The summed E-state index contributed by atoms with van der Waals surface area (Å²) in [6, 6.07) is 31.1. The van der Waals surface area contributed by atoms with Crippen LogP contribution in [0.4, 0.5) is 21.9 Å². The summed E-state index contributed by atoms with van der Waals surface area (Å²) in [5.41, 5.74) is 6.56. The molecule has 0 aliphatic heterocycles. The Kier molecular flexibility index (Phi) is 9.69. The molecule has 1 heterocycles. The molecule has 0 aliphatic carbocycles. The number of fused-ring (bicyclic) bond motifs is 1. The van der Waals surface area contributed by atoms with Crippen molar-refractivity contribution in [1.29, 1.82) is 0 Å². The number of urea groups is 1. The number of nitrogens with zero attached hydrogens (tertiary/aromatic N) is 2. The largest absolute Gasteiger partial charge is 0.466 e. The SMILES string of the molecule is CCCNc1ccc(N(C(=O)NCCCC(=O)OCC)c2ccccc2)cc1-c1nc2cc(-c3ccccc3)ccc2o1. The van der Waals surface area contributed by atoms with E-state index in [4.69, 9.17) is 14.1 Å². The summed E-state index contributed by atoms with van der Waals surface area (Å²) in [6.07, 6.45) is 1.66. The lowest BCUT2D eigenvalue weighted by Crippen LogP contribution is -2.37. The first-order valence-corrected chi connectivity index (χ1v) is 14.7. The fourth-order valence-electron chi connectivity index (χ4n) is 4.82. The maximum Gasteiger partial charge on any atom is 0.326 e. The number of hydrogen-bond donors (Lipinski definition) is 2. The highest BCUT2D eigenvalue weighted by molar-refractivity contribution is 6.00. The third-order valence-electron chi connectivity index (χ3n) is 6.91. The number of anilines is 3. The molecule has 5 aromatic rings. The van der Waals surface area contributed by atoms with Crippen molar-refractivity contribution >= 4 is 40.2 Å². The predicted molar refractivity (Wildman–Crippen MR) is 172 cm³/mol. The number of rotatable bonds is 12. The molecule has 0 spiro atoms. The predicted octanol–water partition coefficient (Wildman–Crippen LogP) is 8.17. The van der Waals surface area contributed by atoms with Crippen molar-refractivity contribution in [2.75, 3.05) is 29.9 Å². The third kappa shape index (κ3) is 7.22. The molecule has 220 valence electrons. The first-order chi connectivity index (χ1) is 21.1. The van der Waals surface area contributed by atoms with Gasteiger partial charge in [-0.05, 0) is 73.4 Å². The van der Waals surface area contributed by atoms with Gasteiger partial charge in [0.15, 0.2) is 5.58 Å². The van der Waals surface area contributed by atoms with Gasteiger partial charge >= 0.3 is 12.0 Å². The van der Waals surface area contributed by atoms with Crippen LogP contribution in [0.3, 0.4) is 0 Å². The van der Waals surface area contributed by atoms with Crippen molar-refractivity contribution in [2.45, 2.75) is 33.1 Å². The second-order valence-corrected chi connectivity index (χ2v) is 10.0. The summed E-state index contributed by atoms with van der Waals surface area (Å²) < 4.78 is 11.3. The van der Waals surface area contributed by atoms with Crippen LogP contribution < -0.4 is 15.5 Å². The molecule has 0 fully saturated rings. The van der Waals surface area contributed by atoms with Crippen LogP contribution >= 0.6 is 0 Å². The quantitative estimate of drug-likeness (QED) is 0.115. The molecule has 2 amide bonds. The van der Waals surface area contributed by atoms with Gasteiger partial charge in [-0.15, -0.1) is 0 Å². The summed E-state index contributed by atoms with van der Waals surface area (Å²) in [5, 5.41) is 6.43. The minimum atomic E-state index is -0.305. The van der Waals surface area contributed by atoms with E-state index in [1.807, 2.05) is 84.9 Å². The second-order valence-electron chi connectivity index (χ2n) is 10.0. The van der Waals surface area contributed by atoms with Crippen molar-refractivity contribution in [2.24, 2.45) is 0 Å². The summed E-state index contributed by atoms with van der Waals surface area (Å²) in [4.78, 5) is 31.8. The molecular formula is C35H36N4O4. The number of amides is 2. The van der Waals surface area contributed by atoms with E-state index < -0.39 is 0 Å². The molecule has 1 aromatic heterocycles. The van der Waals surface area contributed by atoms with E-state index in [0.29, 0.717) is 42.4 Å². The molecule has 0 unspecified atom stereocenters. The van der Waals surface area contributed by atoms with Crippen molar-refractivity contribution in [3.05, 3.63) is 97.1 Å². The van der Waals surface area contributed by atoms with E-state index in [1.165, 1.54) is 0 Å². The van der Waals surface area contributed by atoms with E-state index in [0.717, 1.165) is 40.9 Å². The molecule has 8 nitrogen and oxygen atoms in total. The Balaban J connectivity index is 1.49. The smallest absolute Gasteiger partial charge is 0.326 e. The fraction of sp³-hybridized carbons (Fsp3) is 0.229. The number of benzene rings is 4. The zero-order valence-electron chi connectivity index (χ0n) is 24.5. The number of ether oxygens (including phenoxy) is 1. The monoisotopic (exact) mass is 576 g/mol. The van der Waals surface area contributed by atoms with Gasteiger partial charge in [-0.2, -0.15) is 0 Å². The molecule has 0 aliphatic rings. The molecule has 0 radical (unpaired) electrons. The van der Waals surface area contributed by atoms with E-state index >= 15 is 0 Å². The Labute approximate surface area is 251 Å². The number of para-hydroxylation sites is 1. The molecule has 0 saturated heterocycles. The Morgan fingerprint density at radius 2 is 1.60 bits per heavy atom. The van der Waals surface area contributed by atoms with Crippen molar-refractivity contribution in [3.63, 3.8) is 0 Å². The number of nitrogens with one attached hydrogen (secondary N) is 2. The van der Waals surface area contributed by atoms with Crippen LogP contribution in [0.1, 0.15) is 33.1 Å². The first-order valence-electron chi connectivity index (χ1n) is 14.7. The molecule has 0 saturated carbocycles. The molecule has 5 rings (SSSR count). The highest BCUT2D eigenvalue weighted by Gasteiger charge is 2.21. The molecule has 8 heteroatoms. The number of oxazole rings is 1. The average molecular weight is 577 g/mol. The Morgan fingerprint density at radius 1 is 0.837 bits per heavy atom. The zero-order chi connectivity index (χ0) is 30.0. The van der Waals surface area contributed by atoms with Gasteiger partial charge in [-0.3, -0.25) is 9.69 Å². The van der Waals surface area contributed by atoms with Crippen LogP contribution in [0.5, 0.6) is 0 Å². The first kappa shape index (κ1) is 29.4. The minimum Gasteiger partial charge on any atom is -0.466 e. The van der Waals surface area contributed by atoms with Gasteiger partial charge in [0.25, 0.3) is 0 Å². The molecular weight excluding hydrogens is 540 g/mol. The topological polar surface area (TPSA) is 96.7 Å².